The van der Waals surface area contributed by atoms with E-state index in [0.717, 1.165) is 33.9 Å². The molecule has 3 rings (SSSR count). The molecular formula is C14H16BrN3OS. The molecule has 0 radical (unpaired) electrons. The predicted molar refractivity (Wildman–Crippen MR) is 87.1 cm³/mol. The largest absolute Gasteiger partial charge is 0.397 e. The van der Waals surface area contributed by atoms with Gasteiger partial charge in [0.15, 0.2) is 0 Å². The van der Waals surface area contributed by atoms with E-state index in [-0.39, 0.29) is 11.9 Å². The smallest absolute Gasteiger partial charge is 0.266 e. The zero-order valence-corrected chi connectivity index (χ0v) is 13.3. The Morgan fingerprint density at radius 3 is 3.00 bits per heavy atom. The van der Waals surface area contributed by atoms with Crippen LogP contribution in [0.2, 0.25) is 0 Å². The molecule has 1 saturated heterocycles. The van der Waals surface area contributed by atoms with Crippen molar-refractivity contribution in [2.75, 3.05) is 18.8 Å². The van der Waals surface area contributed by atoms with Crippen LogP contribution in [0.1, 0.15) is 22.5 Å². The fourth-order valence-electron chi connectivity index (χ4n) is 2.59. The quantitative estimate of drug-likeness (QED) is 0.827. The Bertz CT molecular complexity index is 670. The first-order valence-electron chi connectivity index (χ1n) is 6.58. The first kappa shape index (κ1) is 13.9. The van der Waals surface area contributed by atoms with Crippen LogP contribution in [0, 0.1) is 0 Å². The van der Waals surface area contributed by atoms with E-state index in [9.17, 15) is 4.79 Å². The molecule has 1 aliphatic heterocycles. The number of anilines is 1. The number of likely N-dealkylation sites (tertiary alicyclic amines) is 1. The number of nitrogens with zero attached hydrogens (tertiary/aromatic N) is 1. The summed E-state index contributed by atoms with van der Waals surface area (Å²) in [5.74, 6) is 0.00923. The van der Waals surface area contributed by atoms with E-state index in [2.05, 4.69) is 15.9 Å². The normalized spacial score (nSPS) is 19.5. The molecule has 1 amide bonds. The predicted octanol–water partition coefficient (Wildman–Crippen LogP) is 2.81. The fraction of sp³-hybridized carbons (Fsp3) is 0.357. The lowest BCUT2D eigenvalue weighted by atomic mass is 10.1. The summed E-state index contributed by atoms with van der Waals surface area (Å²) in [6.45, 7) is 1.39. The number of nitrogens with two attached hydrogens (primary N) is 2. The molecule has 0 bridgehead atoms. The van der Waals surface area contributed by atoms with Gasteiger partial charge in [-0.2, -0.15) is 0 Å². The van der Waals surface area contributed by atoms with E-state index in [1.807, 2.05) is 23.1 Å². The van der Waals surface area contributed by atoms with Crippen LogP contribution in [0.3, 0.4) is 0 Å². The van der Waals surface area contributed by atoms with Crippen molar-refractivity contribution < 1.29 is 4.79 Å². The standard InChI is InChI=1S/C14H16BrN3OS/c15-8-3-4-11-10(6-8)12(17)13(20-11)14(19)18-5-1-2-9(16)7-18/h3-4,6,9H,1-2,5,7,16-17H2. The van der Waals surface area contributed by atoms with E-state index in [4.69, 9.17) is 11.5 Å². The molecule has 1 atom stereocenters. The van der Waals surface area contributed by atoms with Gasteiger partial charge in [0, 0.05) is 33.7 Å². The highest BCUT2D eigenvalue weighted by atomic mass is 79.9. The Morgan fingerprint density at radius 2 is 2.25 bits per heavy atom. The molecule has 4 N–H and O–H groups in total. The Morgan fingerprint density at radius 1 is 1.45 bits per heavy atom. The van der Waals surface area contributed by atoms with Crippen LogP contribution in [-0.4, -0.2) is 29.9 Å². The molecule has 4 nitrogen and oxygen atoms in total. The molecule has 0 spiro atoms. The van der Waals surface area contributed by atoms with Gasteiger partial charge in [-0.25, -0.2) is 0 Å². The first-order valence-corrected chi connectivity index (χ1v) is 8.19. The minimum atomic E-state index is 0.00923. The Labute approximate surface area is 129 Å². The summed E-state index contributed by atoms with van der Waals surface area (Å²) in [6.07, 6.45) is 1.95. The first-order chi connectivity index (χ1) is 9.56. The summed E-state index contributed by atoms with van der Waals surface area (Å²) in [4.78, 5) is 15.1. The molecular weight excluding hydrogens is 338 g/mol. The Balaban J connectivity index is 1.97. The number of carbonyl (C=O) groups excluding carboxylic acids is 1. The molecule has 6 heteroatoms. The van der Waals surface area contributed by atoms with Crippen molar-refractivity contribution in [3.63, 3.8) is 0 Å². The van der Waals surface area contributed by atoms with Gasteiger partial charge in [0.25, 0.3) is 5.91 Å². The lowest BCUT2D eigenvalue weighted by Crippen LogP contribution is -2.45. The molecule has 106 valence electrons. The number of halogens is 1. The maximum absolute atomic E-state index is 12.6. The zero-order chi connectivity index (χ0) is 14.3. The number of hydrogen-bond acceptors (Lipinski definition) is 4. The summed E-state index contributed by atoms with van der Waals surface area (Å²) in [7, 11) is 0. The van der Waals surface area contributed by atoms with Gasteiger partial charge in [0.05, 0.1) is 5.69 Å². The lowest BCUT2D eigenvalue weighted by molar-refractivity contribution is 0.0715. The second-order valence-electron chi connectivity index (χ2n) is 5.14. The van der Waals surface area contributed by atoms with Gasteiger partial charge in [0.1, 0.15) is 4.88 Å². The van der Waals surface area contributed by atoms with E-state index in [1.165, 1.54) is 11.3 Å². The maximum Gasteiger partial charge on any atom is 0.266 e. The third-order valence-corrected chi connectivity index (χ3v) is 5.30. The van der Waals surface area contributed by atoms with Gasteiger partial charge in [0.2, 0.25) is 0 Å². The Hall–Kier alpha value is -1.11. The average molecular weight is 354 g/mol. The van der Waals surface area contributed by atoms with Gasteiger partial charge in [-0.15, -0.1) is 11.3 Å². The van der Waals surface area contributed by atoms with Gasteiger partial charge in [-0.05, 0) is 31.0 Å². The number of rotatable bonds is 1. The topological polar surface area (TPSA) is 72.4 Å². The summed E-state index contributed by atoms with van der Waals surface area (Å²) in [6, 6.07) is 5.99. The van der Waals surface area contributed by atoms with Crippen LogP contribution in [0.5, 0.6) is 0 Å². The van der Waals surface area contributed by atoms with Crippen molar-refractivity contribution in [2.45, 2.75) is 18.9 Å². The number of carbonyl (C=O) groups is 1. The molecule has 0 saturated carbocycles. The minimum absolute atomic E-state index is 0.00923. The SMILES string of the molecule is Nc1c(C(=O)N2CCCC(N)C2)sc2ccc(Br)cc12. The number of nitrogen functional groups attached to an aromatic ring is 1. The van der Waals surface area contributed by atoms with Crippen molar-refractivity contribution >= 4 is 48.9 Å². The van der Waals surface area contributed by atoms with Gasteiger partial charge in [-0.1, -0.05) is 15.9 Å². The highest BCUT2D eigenvalue weighted by Gasteiger charge is 2.25. The molecule has 20 heavy (non-hydrogen) atoms. The Kier molecular flexibility index (Phi) is 3.70. The molecule has 0 aliphatic carbocycles. The zero-order valence-electron chi connectivity index (χ0n) is 10.9. The lowest BCUT2D eigenvalue weighted by Gasteiger charge is -2.30. The van der Waals surface area contributed by atoms with E-state index < -0.39 is 0 Å². The van der Waals surface area contributed by atoms with Crippen LogP contribution in [0.25, 0.3) is 10.1 Å². The minimum Gasteiger partial charge on any atom is -0.397 e. The molecule has 1 aromatic carbocycles. The van der Waals surface area contributed by atoms with Crippen molar-refractivity contribution in [2.24, 2.45) is 5.73 Å². The molecule has 2 aromatic rings. The number of amides is 1. The summed E-state index contributed by atoms with van der Waals surface area (Å²) in [5.41, 5.74) is 12.7. The van der Waals surface area contributed by atoms with Crippen LogP contribution in [-0.2, 0) is 0 Å². The summed E-state index contributed by atoms with van der Waals surface area (Å²) >= 11 is 4.89. The van der Waals surface area contributed by atoms with Crippen molar-refractivity contribution in [3.05, 3.63) is 27.5 Å². The van der Waals surface area contributed by atoms with Crippen molar-refractivity contribution in [1.29, 1.82) is 0 Å². The van der Waals surface area contributed by atoms with Crippen molar-refractivity contribution in [3.8, 4) is 0 Å². The fourth-order valence-corrected chi connectivity index (χ4v) is 4.02. The second-order valence-corrected chi connectivity index (χ2v) is 7.11. The maximum atomic E-state index is 12.6. The molecule has 1 aromatic heterocycles. The monoisotopic (exact) mass is 353 g/mol. The highest BCUT2D eigenvalue weighted by Crippen LogP contribution is 2.36. The van der Waals surface area contributed by atoms with Crippen LogP contribution in [0.15, 0.2) is 22.7 Å². The number of piperidine rings is 1. The summed E-state index contributed by atoms with van der Waals surface area (Å²) in [5, 5.41) is 0.939. The molecule has 1 unspecified atom stereocenters. The molecule has 1 fully saturated rings. The van der Waals surface area contributed by atoms with E-state index in [0.29, 0.717) is 17.1 Å². The van der Waals surface area contributed by atoms with E-state index in [1.54, 1.807) is 0 Å². The van der Waals surface area contributed by atoms with E-state index >= 15 is 0 Å². The highest BCUT2D eigenvalue weighted by molar-refractivity contribution is 9.10. The number of hydrogen-bond donors (Lipinski definition) is 2. The number of thiophene rings is 1. The van der Waals surface area contributed by atoms with Gasteiger partial charge in [-0.3, -0.25) is 4.79 Å². The van der Waals surface area contributed by atoms with Crippen LogP contribution < -0.4 is 11.5 Å². The third-order valence-electron chi connectivity index (χ3n) is 3.63. The number of fused-ring (bicyclic) bond motifs is 1. The van der Waals surface area contributed by atoms with Gasteiger partial charge >= 0.3 is 0 Å². The molecule has 1 aliphatic rings. The number of benzene rings is 1. The van der Waals surface area contributed by atoms with Crippen molar-refractivity contribution in [1.82, 2.24) is 4.90 Å². The molecule has 2 heterocycles. The van der Waals surface area contributed by atoms with Gasteiger partial charge < -0.3 is 16.4 Å². The summed E-state index contributed by atoms with van der Waals surface area (Å²) < 4.78 is 2.00. The van der Waals surface area contributed by atoms with Crippen LogP contribution in [0.4, 0.5) is 5.69 Å². The van der Waals surface area contributed by atoms with Crippen LogP contribution >= 0.6 is 27.3 Å². The second kappa shape index (κ2) is 5.35. The average Bonchev–Trinajstić information content (AvgIpc) is 2.75. The third kappa shape index (κ3) is 2.43.